The predicted molar refractivity (Wildman–Crippen MR) is 129 cm³/mol. The van der Waals surface area contributed by atoms with Crippen LogP contribution in [0, 0.1) is 6.92 Å². The highest BCUT2D eigenvalue weighted by Gasteiger charge is 2.40. The highest BCUT2D eigenvalue weighted by Crippen LogP contribution is 2.35. The second kappa shape index (κ2) is 9.61. The second-order valence-corrected chi connectivity index (χ2v) is 7.76. The molecule has 0 unspecified atom stereocenters. The molecule has 0 spiro atoms. The highest BCUT2D eigenvalue weighted by atomic mass is 16.5. The fourth-order valence-electron chi connectivity index (χ4n) is 3.63. The van der Waals surface area contributed by atoms with Gasteiger partial charge in [-0.25, -0.2) is 4.90 Å². The van der Waals surface area contributed by atoms with Gasteiger partial charge in [0, 0.05) is 11.8 Å². The Morgan fingerprint density at radius 1 is 0.879 bits per heavy atom. The van der Waals surface area contributed by atoms with E-state index >= 15 is 0 Å². The van der Waals surface area contributed by atoms with Gasteiger partial charge in [-0.3, -0.25) is 9.59 Å². The van der Waals surface area contributed by atoms with E-state index in [1.165, 1.54) is 4.90 Å². The first-order chi connectivity index (χ1) is 16.0. The van der Waals surface area contributed by atoms with Gasteiger partial charge in [-0.1, -0.05) is 42.8 Å². The first-order valence-electron chi connectivity index (χ1n) is 10.9. The lowest BCUT2D eigenvalue weighted by Crippen LogP contribution is -2.32. The monoisotopic (exact) mass is 442 g/mol. The molecule has 1 aliphatic rings. The van der Waals surface area contributed by atoms with Gasteiger partial charge in [-0.15, -0.1) is 0 Å². The molecule has 33 heavy (non-hydrogen) atoms. The average molecular weight is 443 g/mol. The van der Waals surface area contributed by atoms with Crippen LogP contribution in [0.4, 0.5) is 11.4 Å². The van der Waals surface area contributed by atoms with E-state index in [9.17, 15) is 9.59 Å². The van der Waals surface area contributed by atoms with E-state index in [0.29, 0.717) is 40.6 Å². The van der Waals surface area contributed by atoms with Crippen molar-refractivity contribution in [1.29, 1.82) is 0 Å². The van der Waals surface area contributed by atoms with E-state index in [4.69, 9.17) is 9.47 Å². The minimum absolute atomic E-state index is 0.229. The third-order valence-electron chi connectivity index (χ3n) is 5.33. The number of carbonyl (C=O) groups excluding carboxylic acids is 2. The number of nitrogens with zero attached hydrogens (tertiary/aromatic N) is 1. The number of anilines is 2. The van der Waals surface area contributed by atoms with Crippen molar-refractivity contribution >= 4 is 28.8 Å². The fourth-order valence-corrected chi connectivity index (χ4v) is 3.63. The summed E-state index contributed by atoms with van der Waals surface area (Å²) >= 11 is 0. The summed E-state index contributed by atoms with van der Waals surface area (Å²) in [5, 5.41) is 3.19. The zero-order chi connectivity index (χ0) is 23.4. The Kier molecular flexibility index (Phi) is 6.45. The Labute approximate surface area is 193 Å². The molecule has 0 aromatic heterocycles. The summed E-state index contributed by atoms with van der Waals surface area (Å²) in [4.78, 5) is 28.2. The zero-order valence-electron chi connectivity index (χ0n) is 18.9. The van der Waals surface area contributed by atoms with Crippen molar-refractivity contribution in [3.8, 4) is 11.5 Å². The lowest BCUT2D eigenvalue weighted by atomic mass is 10.0. The van der Waals surface area contributed by atoms with Crippen molar-refractivity contribution in [2.24, 2.45) is 0 Å². The van der Waals surface area contributed by atoms with Crippen molar-refractivity contribution in [2.75, 3.05) is 23.9 Å². The molecule has 3 aromatic rings. The number of carbonyl (C=O) groups is 2. The van der Waals surface area contributed by atoms with Gasteiger partial charge in [-0.2, -0.15) is 0 Å². The third kappa shape index (κ3) is 4.60. The molecule has 1 aliphatic heterocycles. The molecule has 0 saturated carbocycles. The van der Waals surface area contributed by atoms with E-state index in [1.54, 1.807) is 31.4 Å². The molecule has 3 aromatic carbocycles. The smallest absolute Gasteiger partial charge is 0.282 e. The van der Waals surface area contributed by atoms with Crippen LogP contribution in [0.1, 0.15) is 24.5 Å². The summed E-state index contributed by atoms with van der Waals surface area (Å²) in [5.74, 6) is 0.547. The predicted octanol–water partition coefficient (Wildman–Crippen LogP) is 5.19. The van der Waals surface area contributed by atoms with Gasteiger partial charge in [0.1, 0.15) is 17.2 Å². The van der Waals surface area contributed by atoms with Crippen molar-refractivity contribution in [3.05, 3.63) is 89.6 Å². The van der Waals surface area contributed by atoms with Gasteiger partial charge >= 0.3 is 0 Å². The van der Waals surface area contributed by atoms with Crippen molar-refractivity contribution < 1.29 is 19.1 Å². The SMILES string of the molecule is CCCOc1cccc(NC2=C(c3ccc(C)cc3)C(=O)N(c3ccc(OC)cc3)C2=O)c1. The average Bonchev–Trinajstić information content (AvgIpc) is 3.08. The quantitative estimate of drug-likeness (QED) is 0.487. The number of amides is 2. The number of nitrogens with one attached hydrogen (secondary N) is 1. The summed E-state index contributed by atoms with van der Waals surface area (Å²) in [6.45, 7) is 4.62. The zero-order valence-corrected chi connectivity index (χ0v) is 18.9. The molecule has 0 aliphatic carbocycles. The topological polar surface area (TPSA) is 67.9 Å². The Morgan fingerprint density at radius 2 is 1.61 bits per heavy atom. The number of aryl methyl sites for hydroxylation is 1. The van der Waals surface area contributed by atoms with Gasteiger partial charge in [0.15, 0.2) is 0 Å². The Morgan fingerprint density at radius 3 is 2.27 bits per heavy atom. The normalized spacial score (nSPS) is 13.5. The van der Waals surface area contributed by atoms with E-state index in [2.05, 4.69) is 5.32 Å². The van der Waals surface area contributed by atoms with Crippen molar-refractivity contribution in [1.82, 2.24) is 0 Å². The first-order valence-corrected chi connectivity index (χ1v) is 10.9. The molecule has 2 amide bonds. The molecule has 6 nitrogen and oxygen atoms in total. The van der Waals surface area contributed by atoms with Gasteiger partial charge in [0.05, 0.1) is 25.0 Å². The fraction of sp³-hybridized carbons (Fsp3) is 0.185. The molecule has 0 fully saturated rings. The van der Waals surface area contributed by atoms with Gasteiger partial charge < -0.3 is 14.8 Å². The second-order valence-electron chi connectivity index (χ2n) is 7.76. The minimum Gasteiger partial charge on any atom is -0.497 e. The first kappa shape index (κ1) is 22.1. The molecule has 168 valence electrons. The maximum Gasteiger partial charge on any atom is 0.282 e. The standard InChI is InChI=1S/C27H26N2O4/c1-4-16-33-23-7-5-6-20(17-23)28-25-24(19-10-8-18(2)9-11-19)26(30)29(27(25)31)21-12-14-22(32-3)15-13-21/h5-15,17,28H,4,16H2,1-3H3. The number of methoxy groups -OCH3 is 1. The van der Waals surface area contributed by atoms with Crippen molar-refractivity contribution in [2.45, 2.75) is 20.3 Å². The number of benzene rings is 3. The minimum atomic E-state index is -0.416. The van der Waals surface area contributed by atoms with E-state index in [-0.39, 0.29) is 11.6 Å². The number of imide groups is 1. The molecular formula is C27H26N2O4. The number of hydrogen-bond donors (Lipinski definition) is 1. The largest absolute Gasteiger partial charge is 0.497 e. The van der Waals surface area contributed by atoms with Crippen LogP contribution in [0.3, 0.4) is 0 Å². The lowest BCUT2D eigenvalue weighted by molar-refractivity contribution is -0.120. The van der Waals surface area contributed by atoms with Gasteiger partial charge in [-0.05, 0) is 55.3 Å². The van der Waals surface area contributed by atoms with Crippen LogP contribution in [0.5, 0.6) is 11.5 Å². The third-order valence-corrected chi connectivity index (χ3v) is 5.33. The van der Waals surface area contributed by atoms with Crippen LogP contribution >= 0.6 is 0 Å². The summed E-state index contributed by atoms with van der Waals surface area (Å²) in [6, 6.07) is 21.8. The maximum atomic E-state index is 13.5. The molecular weight excluding hydrogens is 416 g/mol. The summed E-state index contributed by atoms with van der Waals surface area (Å²) in [7, 11) is 1.57. The molecule has 6 heteroatoms. The molecule has 0 radical (unpaired) electrons. The number of rotatable bonds is 8. The molecule has 4 rings (SSSR count). The molecule has 0 saturated heterocycles. The van der Waals surface area contributed by atoms with Gasteiger partial charge in [0.25, 0.3) is 11.8 Å². The summed E-state index contributed by atoms with van der Waals surface area (Å²) < 4.78 is 10.9. The van der Waals surface area contributed by atoms with Gasteiger partial charge in [0.2, 0.25) is 0 Å². The summed E-state index contributed by atoms with van der Waals surface area (Å²) in [6.07, 6.45) is 0.893. The van der Waals surface area contributed by atoms with Crippen LogP contribution in [0.25, 0.3) is 5.57 Å². The van der Waals surface area contributed by atoms with Crippen LogP contribution in [0.15, 0.2) is 78.5 Å². The number of hydrogen-bond acceptors (Lipinski definition) is 5. The molecule has 0 bridgehead atoms. The highest BCUT2D eigenvalue weighted by molar-refractivity contribution is 6.46. The lowest BCUT2D eigenvalue weighted by Gasteiger charge is -2.16. The Hall–Kier alpha value is -4.06. The molecule has 1 N–H and O–H groups in total. The van der Waals surface area contributed by atoms with Crippen LogP contribution < -0.4 is 19.7 Å². The van der Waals surface area contributed by atoms with Crippen LogP contribution in [-0.2, 0) is 9.59 Å². The maximum absolute atomic E-state index is 13.5. The molecule has 0 atom stereocenters. The van der Waals surface area contributed by atoms with Crippen LogP contribution in [0.2, 0.25) is 0 Å². The van der Waals surface area contributed by atoms with E-state index in [1.807, 2.05) is 62.4 Å². The number of ether oxygens (including phenoxy) is 2. The molecule has 1 heterocycles. The Bertz CT molecular complexity index is 1200. The van der Waals surface area contributed by atoms with E-state index in [0.717, 1.165) is 12.0 Å². The Balaban J connectivity index is 1.74. The summed E-state index contributed by atoms with van der Waals surface area (Å²) in [5.41, 5.74) is 3.45. The van der Waals surface area contributed by atoms with Crippen LogP contribution in [-0.4, -0.2) is 25.5 Å². The van der Waals surface area contributed by atoms with Crippen molar-refractivity contribution in [3.63, 3.8) is 0 Å². The van der Waals surface area contributed by atoms with E-state index < -0.39 is 5.91 Å².